The summed E-state index contributed by atoms with van der Waals surface area (Å²) in [5.74, 6) is 0.371. The molecule has 16 heavy (non-hydrogen) atoms. The number of hydrogen-bond donors (Lipinski definition) is 2. The zero-order valence-corrected chi connectivity index (χ0v) is 10.3. The van der Waals surface area contributed by atoms with Gasteiger partial charge in [-0.1, -0.05) is 17.7 Å². The molecule has 4 nitrogen and oxygen atoms in total. The van der Waals surface area contributed by atoms with Gasteiger partial charge in [-0.2, -0.15) is 0 Å². The van der Waals surface area contributed by atoms with Crippen molar-refractivity contribution in [3.63, 3.8) is 0 Å². The van der Waals surface area contributed by atoms with Gasteiger partial charge >= 0.3 is 0 Å². The minimum atomic E-state index is -0.237. The number of anilines is 2. The molecule has 0 bridgehead atoms. The van der Waals surface area contributed by atoms with E-state index in [1.54, 1.807) is 12.1 Å². The van der Waals surface area contributed by atoms with E-state index in [0.29, 0.717) is 15.4 Å². The minimum Gasteiger partial charge on any atom is -0.326 e. The molecule has 0 unspecified atom stereocenters. The quantitative estimate of drug-likeness (QED) is 0.896. The second-order valence-electron chi connectivity index (χ2n) is 3.04. The highest BCUT2D eigenvalue weighted by molar-refractivity contribution is 9.10. The number of nitrogens with one attached hydrogen (secondary N) is 2. The number of benzene rings is 1. The normalized spacial score (nSPS) is 10.1. The molecule has 0 fully saturated rings. The second-order valence-corrected chi connectivity index (χ2v) is 4.33. The second kappa shape index (κ2) is 4.67. The van der Waals surface area contributed by atoms with Crippen molar-refractivity contribution >= 4 is 39.2 Å². The SMILES string of the molecule is O=c1[nH]c(Nc2cccc(Cl)c2)ncc1Br. The Morgan fingerprint density at radius 2 is 2.25 bits per heavy atom. The van der Waals surface area contributed by atoms with Crippen molar-refractivity contribution in [1.29, 1.82) is 0 Å². The smallest absolute Gasteiger partial charge is 0.266 e. The van der Waals surface area contributed by atoms with E-state index in [2.05, 4.69) is 31.2 Å². The summed E-state index contributed by atoms with van der Waals surface area (Å²) in [4.78, 5) is 17.9. The van der Waals surface area contributed by atoms with Crippen LogP contribution in [0.2, 0.25) is 5.02 Å². The summed E-state index contributed by atoms with van der Waals surface area (Å²) in [6, 6.07) is 7.14. The van der Waals surface area contributed by atoms with Gasteiger partial charge in [0.2, 0.25) is 5.95 Å². The Labute approximate surface area is 105 Å². The van der Waals surface area contributed by atoms with E-state index in [1.165, 1.54) is 6.20 Å². The molecule has 0 amide bonds. The first-order valence-corrected chi connectivity index (χ1v) is 5.59. The van der Waals surface area contributed by atoms with Crippen molar-refractivity contribution in [3.05, 3.63) is 50.3 Å². The lowest BCUT2D eigenvalue weighted by Crippen LogP contribution is -2.10. The van der Waals surface area contributed by atoms with Crippen molar-refractivity contribution < 1.29 is 0 Å². The number of aromatic nitrogens is 2. The van der Waals surface area contributed by atoms with Crippen LogP contribution in [-0.2, 0) is 0 Å². The van der Waals surface area contributed by atoms with Gasteiger partial charge in [0, 0.05) is 10.7 Å². The Bertz CT molecular complexity index is 570. The lowest BCUT2D eigenvalue weighted by Gasteiger charge is -2.04. The third-order valence-electron chi connectivity index (χ3n) is 1.84. The number of hydrogen-bond acceptors (Lipinski definition) is 3. The predicted octanol–water partition coefficient (Wildman–Crippen LogP) is 2.93. The molecule has 1 aromatic heterocycles. The minimum absolute atomic E-state index is 0.237. The topological polar surface area (TPSA) is 57.8 Å². The van der Waals surface area contributed by atoms with E-state index in [1.807, 2.05) is 12.1 Å². The molecule has 0 aliphatic rings. The van der Waals surface area contributed by atoms with Crippen LogP contribution < -0.4 is 10.9 Å². The first kappa shape index (κ1) is 11.2. The molecule has 0 saturated heterocycles. The van der Waals surface area contributed by atoms with Gasteiger partial charge in [-0.15, -0.1) is 0 Å². The summed E-state index contributed by atoms with van der Waals surface area (Å²) in [6.07, 6.45) is 1.44. The zero-order chi connectivity index (χ0) is 11.5. The maximum Gasteiger partial charge on any atom is 0.266 e. The summed E-state index contributed by atoms with van der Waals surface area (Å²) in [5.41, 5.74) is 0.525. The molecule has 0 aliphatic carbocycles. The van der Waals surface area contributed by atoms with Crippen molar-refractivity contribution in [3.8, 4) is 0 Å². The summed E-state index contributed by atoms with van der Waals surface area (Å²) < 4.78 is 0.393. The van der Waals surface area contributed by atoms with E-state index in [9.17, 15) is 4.79 Å². The first-order valence-electron chi connectivity index (χ1n) is 4.42. The highest BCUT2D eigenvalue weighted by Gasteiger charge is 2.00. The van der Waals surface area contributed by atoms with Gasteiger partial charge in [0.25, 0.3) is 5.56 Å². The maximum absolute atomic E-state index is 11.3. The lowest BCUT2D eigenvalue weighted by molar-refractivity contribution is 1.10. The summed E-state index contributed by atoms with van der Waals surface area (Å²) >= 11 is 8.90. The molecule has 0 aliphatic heterocycles. The van der Waals surface area contributed by atoms with Gasteiger partial charge in [-0.3, -0.25) is 9.78 Å². The van der Waals surface area contributed by atoms with Crippen LogP contribution in [0.5, 0.6) is 0 Å². The Kier molecular flexibility index (Phi) is 3.26. The monoisotopic (exact) mass is 299 g/mol. The van der Waals surface area contributed by atoms with Crippen LogP contribution in [-0.4, -0.2) is 9.97 Å². The molecular weight excluding hydrogens is 293 g/mol. The zero-order valence-electron chi connectivity index (χ0n) is 8.00. The summed E-state index contributed by atoms with van der Waals surface area (Å²) in [6.45, 7) is 0. The number of rotatable bonds is 2. The fraction of sp³-hybridized carbons (Fsp3) is 0. The molecule has 0 spiro atoms. The van der Waals surface area contributed by atoms with Crippen LogP contribution in [0.25, 0.3) is 0 Å². The molecule has 2 aromatic rings. The number of aromatic amines is 1. The van der Waals surface area contributed by atoms with Crippen LogP contribution in [0.3, 0.4) is 0 Å². The van der Waals surface area contributed by atoms with Gasteiger partial charge in [0.05, 0.1) is 6.20 Å². The van der Waals surface area contributed by atoms with Crippen molar-refractivity contribution in [2.75, 3.05) is 5.32 Å². The Morgan fingerprint density at radius 1 is 1.44 bits per heavy atom. The lowest BCUT2D eigenvalue weighted by atomic mass is 10.3. The van der Waals surface area contributed by atoms with E-state index >= 15 is 0 Å². The fourth-order valence-corrected chi connectivity index (χ4v) is 1.54. The Morgan fingerprint density at radius 3 is 2.94 bits per heavy atom. The van der Waals surface area contributed by atoms with Gasteiger partial charge in [-0.05, 0) is 34.1 Å². The Hall–Kier alpha value is -1.33. The van der Waals surface area contributed by atoms with E-state index in [4.69, 9.17) is 11.6 Å². The van der Waals surface area contributed by atoms with Gasteiger partial charge in [0.15, 0.2) is 0 Å². The molecule has 82 valence electrons. The highest BCUT2D eigenvalue weighted by Crippen LogP contribution is 2.17. The van der Waals surface area contributed by atoms with Gasteiger partial charge < -0.3 is 5.32 Å². The third kappa shape index (κ3) is 2.62. The highest BCUT2D eigenvalue weighted by atomic mass is 79.9. The molecule has 1 heterocycles. The molecule has 1 aromatic carbocycles. The van der Waals surface area contributed by atoms with Crippen LogP contribution in [0.15, 0.2) is 39.7 Å². The molecular formula is C10H7BrClN3O. The molecule has 2 rings (SSSR count). The fourth-order valence-electron chi connectivity index (χ4n) is 1.15. The molecule has 2 N–H and O–H groups in total. The van der Waals surface area contributed by atoms with Crippen LogP contribution in [0.1, 0.15) is 0 Å². The average molecular weight is 301 g/mol. The number of H-pyrrole nitrogens is 1. The van der Waals surface area contributed by atoms with Gasteiger partial charge in [0.1, 0.15) is 4.47 Å². The summed E-state index contributed by atoms with van der Waals surface area (Å²) in [7, 11) is 0. The van der Waals surface area contributed by atoms with Crippen molar-refractivity contribution in [1.82, 2.24) is 9.97 Å². The van der Waals surface area contributed by atoms with Crippen molar-refractivity contribution in [2.24, 2.45) is 0 Å². The maximum atomic E-state index is 11.3. The molecule has 6 heteroatoms. The number of nitrogens with zero attached hydrogens (tertiary/aromatic N) is 1. The Balaban J connectivity index is 2.27. The van der Waals surface area contributed by atoms with E-state index in [-0.39, 0.29) is 5.56 Å². The van der Waals surface area contributed by atoms with E-state index < -0.39 is 0 Å². The first-order chi connectivity index (χ1) is 7.65. The predicted molar refractivity (Wildman–Crippen MR) is 67.3 cm³/mol. The summed E-state index contributed by atoms with van der Waals surface area (Å²) in [5, 5.41) is 3.56. The van der Waals surface area contributed by atoms with Crippen LogP contribution >= 0.6 is 27.5 Å². The molecule has 0 atom stereocenters. The average Bonchev–Trinajstić information content (AvgIpc) is 2.24. The van der Waals surface area contributed by atoms with E-state index in [0.717, 1.165) is 5.69 Å². The third-order valence-corrected chi connectivity index (χ3v) is 2.64. The number of halogens is 2. The van der Waals surface area contributed by atoms with Crippen molar-refractivity contribution in [2.45, 2.75) is 0 Å². The molecule has 0 saturated carbocycles. The van der Waals surface area contributed by atoms with Crippen LogP contribution in [0, 0.1) is 0 Å². The standard InChI is InChI=1S/C10H7BrClN3O/c11-8-5-13-10(15-9(8)16)14-7-3-1-2-6(12)4-7/h1-5H,(H2,13,14,15,16). The largest absolute Gasteiger partial charge is 0.326 e. The van der Waals surface area contributed by atoms with Gasteiger partial charge in [-0.25, -0.2) is 4.98 Å². The molecule has 0 radical (unpaired) electrons. The van der Waals surface area contributed by atoms with Crippen LogP contribution in [0.4, 0.5) is 11.6 Å².